The van der Waals surface area contributed by atoms with E-state index in [1.807, 2.05) is 0 Å². The third kappa shape index (κ3) is 6.88. The Bertz CT molecular complexity index is 720. The maximum Gasteiger partial charge on any atom is 0.325 e. The Morgan fingerprint density at radius 2 is 1.28 bits per heavy atom. The van der Waals surface area contributed by atoms with Gasteiger partial charge < -0.3 is 34.3 Å². The average Bonchev–Trinajstić information content (AvgIpc) is 3.26. The van der Waals surface area contributed by atoms with E-state index >= 15 is 0 Å². The number of hydrogen-bond donors (Lipinski definition) is 2. The first kappa shape index (κ1) is 26.0. The molecular weight excluding hydrogens is 424 g/mol. The Balaban J connectivity index is 2.07. The molecule has 0 aromatic rings. The monoisotopic (exact) mass is 458 g/mol. The predicted octanol–water partition coefficient (Wildman–Crippen LogP) is 0.191. The minimum absolute atomic E-state index is 0.109. The predicted molar refractivity (Wildman–Crippen MR) is 110 cm³/mol. The molecule has 11 heteroatoms. The van der Waals surface area contributed by atoms with Gasteiger partial charge in [0.2, 0.25) is 0 Å². The quantitative estimate of drug-likeness (QED) is 0.311. The molecule has 2 N–H and O–H groups in total. The smallest absolute Gasteiger partial charge is 0.325 e. The van der Waals surface area contributed by atoms with E-state index in [1.165, 1.54) is 0 Å². The van der Waals surface area contributed by atoms with Gasteiger partial charge in [-0.1, -0.05) is 0 Å². The van der Waals surface area contributed by atoms with Gasteiger partial charge in [0.1, 0.15) is 36.5 Å². The molecule has 2 saturated heterocycles. The Morgan fingerprint density at radius 1 is 0.844 bits per heavy atom. The van der Waals surface area contributed by atoms with Crippen LogP contribution >= 0.6 is 0 Å². The maximum absolute atomic E-state index is 12.9. The van der Waals surface area contributed by atoms with Gasteiger partial charge in [-0.05, 0) is 55.4 Å². The summed E-state index contributed by atoms with van der Waals surface area (Å²) in [7, 11) is 0. The second-order valence-corrected chi connectivity index (χ2v) is 10.2. The van der Waals surface area contributed by atoms with Crippen molar-refractivity contribution in [2.24, 2.45) is 0 Å². The lowest BCUT2D eigenvalue weighted by molar-refractivity contribution is -0.155. The van der Waals surface area contributed by atoms with Crippen molar-refractivity contribution in [1.29, 1.82) is 0 Å². The van der Waals surface area contributed by atoms with Crippen molar-refractivity contribution in [3.63, 3.8) is 0 Å². The van der Waals surface area contributed by atoms with Gasteiger partial charge in [0.05, 0.1) is 6.61 Å². The second-order valence-electron chi connectivity index (χ2n) is 10.2. The van der Waals surface area contributed by atoms with Crippen LogP contribution in [0.1, 0.15) is 55.4 Å². The molecule has 11 nitrogen and oxygen atoms in total. The fourth-order valence-electron chi connectivity index (χ4n) is 3.16. The van der Waals surface area contributed by atoms with Gasteiger partial charge in [0, 0.05) is 0 Å². The van der Waals surface area contributed by atoms with E-state index in [4.69, 9.17) is 23.7 Å². The highest BCUT2D eigenvalue weighted by Crippen LogP contribution is 2.44. The summed E-state index contributed by atoms with van der Waals surface area (Å²) in [5.41, 5.74) is -3.44. The number of nitrogens with one attached hydrogen (secondary N) is 2. The summed E-state index contributed by atoms with van der Waals surface area (Å²) in [4.78, 5) is 49.8. The van der Waals surface area contributed by atoms with Crippen molar-refractivity contribution < 1.29 is 42.9 Å². The SMILES string of the molecule is CC(C)(C)OC(=O)CNC(=O)C1(C(=O)NCC(=O)OC(C)(C)C)OC1[C@H]1COC(C)(C)O1. The van der Waals surface area contributed by atoms with Gasteiger partial charge in [-0.15, -0.1) is 0 Å². The van der Waals surface area contributed by atoms with Crippen LogP contribution in [0.4, 0.5) is 0 Å². The largest absolute Gasteiger partial charge is 0.459 e. The summed E-state index contributed by atoms with van der Waals surface area (Å²) >= 11 is 0. The average molecular weight is 459 g/mol. The highest BCUT2D eigenvalue weighted by molar-refractivity contribution is 6.13. The molecule has 0 spiro atoms. The van der Waals surface area contributed by atoms with Crippen LogP contribution in [0.3, 0.4) is 0 Å². The summed E-state index contributed by atoms with van der Waals surface area (Å²) in [5, 5.41) is 4.75. The van der Waals surface area contributed by atoms with Crippen LogP contribution in [0.15, 0.2) is 0 Å². The van der Waals surface area contributed by atoms with E-state index in [0.29, 0.717) is 0 Å². The van der Waals surface area contributed by atoms with Crippen LogP contribution in [0.25, 0.3) is 0 Å². The zero-order chi connectivity index (χ0) is 24.5. The standard InChI is InChI=1S/C21H34N2O9/c1-18(2,3)30-13(24)9-22-16(26)21(15(32-21)12-11-28-20(7,8)29-12)17(27)23-10-14(25)31-19(4,5)6/h12,15H,9-11H2,1-8H3,(H,22,26)(H,23,27)/t12-,15?/m1/s1. The fraction of sp³-hybridized carbons (Fsp3) is 0.810. The molecule has 32 heavy (non-hydrogen) atoms. The van der Waals surface area contributed by atoms with Crippen molar-refractivity contribution in [1.82, 2.24) is 10.6 Å². The number of esters is 2. The van der Waals surface area contributed by atoms with Crippen LogP contribution in [-0.4, -0.2) is 78.2 Å². The fourth-order valence-corrected chi connectivity index (χ4v) is 3.16. The number of ether oxygens (including phenoxy) is 5. The topological polar surface area (TPSA) is 142 Å². The van der Waals surface area contributed by atoms with Crippen LogP contribution < -0.4 is 10.6 Å². The first-order valence-corrected chi connectivity index (χ1v) is 10.4. The van der Waals surface area contributed by atoms with E-state index in [2.05, 4.69) is 10.6 Å². The molecule has 2 heterocycles. The van der Waals surface area contributed by atoms with E-state index < -0.39 is 71.6 Å². The lowest BCUT2D eigenvalue weighted by Crippen LogP contribution is -2.54. The van der Waals surface area contributed by atoms with Crippen molar-refractivity contribution in [3.8, 4) is 0 Å². The molecule has 2 aliphatic heterocycles. The summed E-state index contributed by atoms with van der Waals surface area (Å²) in [6.07, 6.45) is -1.65. The molecule has 0 aliphatic carbocycles. The number of rotatable bonds is 7. The Hall–Kier alpha value is -2.24. The molecule has 1 unspecified atom stereocenters. The van der Waals surface area contributed by atoms with Crippen LogP contribution in [0, 0.1) is 0 Å². The van der Waals surface area contributed by atoms with E-state index in [-0.39, 0.29) is 6.61 Å². The van der Waals surface area contributed by atoms with Gasteiger partial charge in [-0.3, -0.25) is 19.2 Å². The third-order valence-corrected chi connectivity index (χ3v) is 4.33. The lowest BCUT2D eigenvalue weighted by atomic mass is 9.99. The number of amides is 2. The minimum atomic E-state index is -1.97. The zero-order valence-corrected chi connectivity index (χ0v) is 20.0. The van der Waals surface area contributed by atoms with Gasteiger partial charge >= 0.3 is 11.9 Å². The van der Waals surface area contributed by atoms with Crippen molar-refractivity contribution in [2.45, 2.75) is 90.2 Å². The van der Waals surface area contributed by atoms with Crippen LogP contribution in [0.2, 0.25) is 0 Å². The van der Waals surface area contributed by atoms with Crippen molar-refractivity contribution in [2.75, 3.05) is 19.7 Å². The van der Waals surface area contributed by atoms with Gasteiger partial charge in [0.15, 0.2) is 5.79 Å². The lowest BCUT2D eigenvalue weighted by Gasteiger charge is -2.21. The van der Waals surface area contributed by atoms with Gasteiger partial charge in [0.25, 0.3) is 17.4 Å². The molecule has 2 rings (SSSR count). The Kier molecular flexibility index (Phi) is 7.28. The van der Waals surface area contributed by atoms with E-state index in [1.54, 1.807) is 55.4 Å². The molecule has 2 atom stereocenters. The first-order chi connectivity index (χ1) is 14.5. The molecule has 182 valence electrons. The van der Waals surface area contributed by atoms with Gasteiger partial charge in [-0.25, -0.2) is 0 Å². The molecule has 0 aromatic carbocycles. The molecular formula is C21H34N2O9. The molecule has 2 aliphatic rings. The Labute approximate surface area is 187 Å². The first-order valence-electron chi connectivity index (χ1n) is 10.4. The number of carbonyl (C=O) groups is 4. The summed E-state index contributed by atoms with van der Waals surface area (Å²) in [6.45, 7) is 12.7. The van der Waals surface area contributed by atoms with Crippen LogP contribution in [0.5, 0.6) is 0 Å². The highest BCUT2D eigenvalue weighted by Gasteiger charge is 2.72. The number of hydrogen-bond acceptors (Lipinski definition) is 9. The molecule has 2 amide bonds. The summed E-state index contributed by atoms with van der Waals surface area (Å²) in [5.74, 6) is -3.93. The van der Waals surface area contributed by atoms with E-state index in [0.717, 1.165) is 0 Å². The molecule has 0 aromatic heterocycles. The molecule has 2 fully saturated rings. The number of epoxide rings is 1. The maximum atomic E-state index is 12.9. The number of carbonyl (C=O) groups excluding carboxylic acids is 4. The van der Waals surface area contributed by atoms with Crippen LogP contribution in [-0.2, 0) is 42.9 Å². The third-order valence-electron chi connectivity index (χ3n) is 4.33. The van der Waals surface area contributed by atoms with Crippen molar-refractivity contribution in [3.05, 3.63) is 0 Å². The normalized spacial score (nSPS) is 23.8. The molecule has 0 saturated carbocycles. The van der Waals surface area contributed by atoms with Crippen molar-refractivity contribution >= 4 is 23.8 Å². The minimum Gasteiger partial charge on any atom is -0.459 e. The van der Waals surface area contributed by atoms with Gasteiger partial charge in [-0.2, -0.15) is 0 Å². The highest BCUT2D eigenvalue weighted by atomic mass is 16.8. The summed E-state index contributed by atoms with van der Waals surface area (Å²) in [6, 6.07) is 0. The Morgan fingerprint density at radius 3 is 1.62 bits per heavy atom. The zero-order valence-electron chi connectivity index (χ0n) is 20.0. The molecule has 0 radical (unpaired) electrons. The van der Waals surface area contributed by atoms with E-state index in [9.17, 15) is 19.2 Å². The summed E-state index contributed by atoms with van der Waals surface area (Å²) < 4.78 is 27.1. The second kappa shape index (κ2) is 8.95. The molecule has 0 bridgehead atoms.